The van der Waals surface area contributed by atoms with Gasteiger partial charge in [-0.05, 0) is 44.1 Å². The topological polar surface area (TPSA) is 89.9 Å². The lowest BCUT2D eigenvalue weighted by Crippen LogP contribution is -2.25. The molecule has 0 radical (unpaired) electrons. The number of aliphatic hydroxyl groups excluding tert-OH is 1. The predicted octanol–water partition coefficient (Wildman–Crippen LogP) is 12.1. The highest BCUT2D eigenvalue weighted by molar-refractivity contribution is 5.89. The third-order valence-electron chi connectivity index (χ3n) is 9.09. The summed E-state index contributed by atoms with van der Waals surface area (Å²) >= 11 is 0. The van der Waals surface area contributed by atoms with Crippen LogP contribution in [-0.2, 0) is 23.9 Å². The molecular formula is C43H78O6. The number of ether oxygens (including phenoxy) is 2. The number of allylic oxidation sites excluding steroid dienone is 4. The normalized spacial score (nSPS) is 12.3. The number of carbonyl (C=O) groups is 3. The summed E-state index contributed by atoms with van der Waals surface area (Å²) in [7, 11) is 0. The number of ketones is 1. The molecule has 0 aromatic carbocycles. The molecule has 0 unspecified atom stereocenters. The van der Waals surface area contributed by atoms with Crippen molar-refractivity contribution >= 4 is 17.7 Å². The van der Waals surface area contributed by atoms with Crippen molar-refractivity contribution in [3.63, 3.8) is 0 Å². The molecule has 0 aromatic heterocycles. The Morgan fingerprint density at radius 2 is 0.939 bits per heavy atom. The molecule has 0 fully saturated rings. The van der Waals surface area contributed by atoms with E-state index in [1.807, 2.05) is 12.2 Å². The maximum atomic E-state index is 12.0. The Morgan fingerprint density at radius 1 is 0.531 bits per heavy atom. The first-order valence-electron chi connectivity index (χ1n) is 20.7. The number of carbonyl (C=O) groups excluding carboxylic acids is 3. The lowest BCUT2D eigenvalue weighted by molar-refractivity contribution is -0.152. The molecule has 0 aliphatic carbocycles. The second-order valence-electron chi connectivity index (χ2n) is 14.6. The molecule has 0 rings (SSSR count). The first-order chi connectivity index (χ1) is 23.8. The minimum Gasteiger partial charge on any atom is -0.463 e. The summed E-state index contributed by atoms with van der Waals surface area (Å²) in [5.41, 5.74) is 0. The van der Waals surface area contributed by atoms with Gasteiger partial charge in [0, 0.05) is 19.3 Å². The van der Waals surface area contributed by atoms with Crippen molar-refractivity contribution in [1.29, 1.82) is 0 Å². The summed E-state index contributed by atoms with van der Waals surface area (Å²) in [4.78, 5) is 35.6. The van der Waals surface area contributed by atoms with Crippen molar-refractivity contribution < 1.29 is 29.0 Å². The van der Waals surface area contributed by atoms with E-state index < -0.39 is 6.10 Å². The quantitative estimate of drug-likeness (QED) is 0.0302. The summed E-state index contributed by atoms with van der Waals surface area (Å²) in [5.74, 6) is 0.437. The van der Waals surface area contributed by atoms with Gasteiger partial charge >= 0.3 is 11.9 Å². The molecule has 0 saturated heterocycles. The Kier molecular flexibility index (Phi) is 35.8. The number of hydrogen-bond donors (Lipinski definition) is 1. The summed E-state index contributed by atoms with van der Waals surface area (Å²) < 4.78 is 10.3. The van der Waals surface area contributed by atoms with Gasteiger partial charge < -0.3 is 14.6 Å². The van der Waals surface area contributed by atoms with Gasteiger partial charge in [0.15, 0.2) is 5.78 Å². The number of hydrogen-bond acceptors (Lipinski definition) is 6. The molecule has 0 aromatic rings. The van der Waals surface area contributed by atoms with Gasteiger partial charge in [-0.15, -0.1) is 0 Å². The van der Waals surface area contributed by atoms with Gasteiger partial charge in [0.05, 0.1) is 0 Å². The fourth-order valence-corrected chi connectivity index (χ4v) is 5.90. The van der Waals surface area contributed by atoms with Gasteiger partial charge in [0.25, 0.3) is 0 Å². The molecule has 1 atom stereocenters. The van der Waals surface area contributed by atoms with Crippen molar-refractivity contribution in [3.05, 3.63) is 24.3 Å². The molecule has 0 bridgehead atoms. The van der Waals surface area contributed by atoms with Crippen LogP contribution in [-0.4, -0.2) is 42.1 Å². The Labute approximate surface area is 302 Å². The van der Waals surface area contributed by atoms with Crippen molar-refractivity contribution in [2.24, 2.45) is 5.92 Å². The van der Waals surface area contributed by atoms with Crippen LogP contribution in [0.1, 0.15) is 207 Å². The van der Waals surface area contributed by atoms with Crippen molar-refractivity contribution in [2.45, 2.75) is 213 Å². The zero-order valence-electron chi connectivity index (χ0n) is 32.4. The minimum atomic E-state index is -0.987. The third-order valence-corrected chi connectivity index (χ3v) is 9.09. The Hall–Kier alpha value is -1.95. The molecule has 0 saturated carbocycles. The van der Waals surface area contributed by atoms with Crippen LogP contribution in [0, 0.1) is 5.92 Å². The van der Waals surface area contributed by atoms with Crippen LogP contribution in [0.2, 0.25) is 0 Å². The van der Waals surface area contributed by atoms with Gasteiger partial charge in [-0.2, -0.15) is 0 Å². The van der Waals surface area contributed by atoms with E-state index in [0.29, 0.717) is 19.3 Å². The lowest BCUT2D eigenvalue weighted by atomic mass is 10.0. The van der Waals surface area contributed by atoms with Crippen LogP contribution >= 0.6 is 0 Å². The second kappa shape index (κ2) is 37.3. The van der Waals surface area contributed by atoms with Crippen LogP contribution in [0.15, 0.2) is 24.3 Å². The van der Waals surface area contributed by atoms with E-state index in [1.165, 1.54) is 89.9 Å². The van der Waals surface area contributed by atoms with Gasteiger partial charge in [-0.25, -0.2) is 0 Å². The molecule has 0 aliphatic heterocycles. The van der Waals surface area contributed by atoms with Crippen LogP contribution in [0.25, 0.3) is 0 Å². The van der Waals surface area contributed by atoms with Gasteiger partial charge in [-0.3, -0.25) is 14.4 Å². The average Bonchev–Trinajstić information content (AvgIpc) is 3.08. The summed E-state index contributed by atoms with van der Waals surface area (Å²) in [6.45, 7) is 6.49. The maximum Gasteiger partial charge on any atom is 0.305 e. The first kappa shape index (κ1) is 47.0. The predicted molar refractivity (Wildman–Crippen MR) is 206 cm³/mol. The highest BCUT2D eigenvalue weighted by Crippen LogP contribution is 2.15. The summed E-state index contributed by atoms with van der Waals surface area (Å²) in [6.07, 6.45) is 39.3. The Balaban J connectivity index is 3.46. The largest absolute Gasteiger partial charge is 0.463 e. The van der Waals surface area contributed by atoms with Crippen molar-refractivity contribution in [2.75, 3.05) is 13.2 Å². The van der Waals surface area contributed by atoms with Crippen LogP contribution < -0.4 is 0 Å². The molecule has 0 aliphatic rings. The van der Waals surface area contributed by atoms with E-state index in [2.05, 4.69) is 26.8 Å². The van der Waals surface area contributed by atoms with Crippen LogP contribution in [0.3, 0.4) is 0 Å². The van der Waals surface area contributed by atoms with E-state index in [0.717, 1.165) is 83.0 Å². The molecule has 1 N–H and O–H groups in total. The minimum absolute atomic E-state index is 0.135. The van der Waals surface area contributed by atoms with Crippen LogP contribution in [0.4, 0.5) is 0 Å². The molecule has 0 spiro atoms. The highest BCUT2D eigenvalue weighted by Gasteiger charge is 2.12. The fourth-order valence-electron chi connectivity index (χ4n) is 5.90. The molecule has 6 nitrogen and oxygen atoms in total. The zero-order chi connectivity index (χ0) is 36.0. The smallest absolute Gasteiger partial charge is 0.305 e. The monoisotopic (exact) mass is 691 g/mol. The highest BCUT2D eigenvalue weighted by atomic mass is 16.6. The standard InChI is InChI=1S/C43H78O6/c1-4-5-27-33-40(44)34-29-24-20-16-14-18-22-26-31-36-43(47)49-38-41(45)37-48-42(46)35-30-25-21-17-13-11-9-7-6-8-10-12-15-19-23-28-32-39(2)3/h20,24,29,34,39,41,45H,4-19,21-23,25-28,30-33,35-38H2,1-3H3/b24-20-,34-29+/t41-/m0/s1. The maximum absolute atomic E-state index is 12.0. The summed E-state index contributed by atoms with van der Waals surface area (Å²) in [6, 6.07) is 0. The van der Waals surface area contributed by atoms with Gasteiger partial charge in [0.1, 0.15) is 19.3 Å². The Bertz CT molecular complexity index is 817. The fraction of sp³-hybridized carbons (Fsp3) is 0.837. The van der Waals surface area contributed by atoms with E-state index in [1.54, 1.807) is 6.08 Å². The number of rotatable bonds is 37. The lowest BCUT2D eigenvalue weighted by Gasteiger charge is -2.12. The SMILES string of the molecule is CCCCCC(=O)/C=C/C=C\CCCCCCCC(=O)OC[C@@H](O)COC(=O)CCCCCCCCCCCCCCCCCCC(C)C. The number of aliphatic hydroxyl groups is 1. The van der Waals surface area contributed by atoms with E-state index in [4.69, 9.17) is 9.47 Å². The molecule has 6 heteroatoms. The molecular weight excluding hydrogens is 612 g/mol. The van der Waals surface area contributed by atoms with Crippen LogP contribution in [0.5, 0.6) is 0 Å². The first-order valence-corrected chi connectivity index (χ1v) is 20.7. The zero-order valence-corrected chi connectivity index (χ0v) is 32.4. The average molecular weight is 691 g/mol. The number of unbranched alkanes of at least 4 members (excludes halogenated alkanes) is 22. The molecule has 286 valence electrons. The third kappa shape index (κ3) is 38.7. The summed E-state index contributed by atoms with van der Waals surface area (Å²) in [5, 5.41) is 10.0. The Morgan fingerprint density at radius 3 is 1.39 bits per heavy atom. The second-order valence-corrected chi connectivity index (χ2v) is 14.6. The van der Waals surface area contributed by atoms with Crippen molar-refractivity contribution in [3.8, 4) is 0 Å². The van der Waals surface area contributed by atoms with Crippen molar-refractivity contribution in [1.82, 2.24) is 0 Å². The van der Waals surface area contributed by atoms with Gasteiger partial charge in [0.2, 0.25) is 0 Å². The molecule has 49 heavy (non-hydrogen) atoms. The number of esters is 2. The molecule has 0 amide bonds. The van der Waals surface area contributed by atoms with E-state index in [9.17, 15) is 19.5 Å². The van der Waals surface area contributed by atoms with E-state index in [-0.39, 0.29) is 30.9 Å². The van der Waals surface area contributed by atoms with E-state index >= 15 is 0 Å². The molecule has 0 heterocycles. The van der Waals surface area contributed by atoms with Gasteiger partial charge in [-0.1, -0.05) is 174 Å².